The number of carbonyl (C=O) groups excluding carboxylic acids is 2. The second-order valence-electron chi connectivity index (χ2n) is 7.42. The molecule has 6 nitrogen and oxygen atoms in total. The fourth-order valence-electron chi connectivity index (χ4n) is 3.82. The standard InChI is InChI=1S/C21H29N3O3S/c1-27-21(12-6-2-7-13-21)20(26)24-16(10-5-8-14-22)18(25)19-23-15-9-3-4-11-17(15)28-19/h3-4,9,11,16H,2,5-8,10,12-14,22H2,1H3,(H,24,26)/t16-/m0/s1. The van der Waals surface area contributed by atoms with Gasteiger partial charge in [-0.1, -0.05) is 31.4 Å². The highest BCUT2D eigenvalue weighted by atomic mass is 32.1. The van der Waals surface area contributed by atoms with E-state index in [2.05, 4.69) is 10.3 Å². The van der Waals surface area contributed by atoms with Crippen LogP contribution in [-0.2, 0) is 9.53 Å². The number of para-hydroxylation sites is 1. The second kappa shape index (κ2) is 9.58. The molecule has 1 aromatic heterocycles. The lowest BCUT2D eigenvalue weighted by molar-refractivity contribution is -0.148. The number of ether oxygens (including phenoxy) is 1. The topological polar surface area (TPSA) is 94.3 Å². The molecule has 1 aromatic carbocycles. The number of Topliss-reactive ketones (excluding diaryl/α,β-unsaturated/α-hetero) is 1. The lowest BCUT2D eigenvalue weighted by Crippen LogP contribution is -2.54. The number of ketones is 1. The number of aromatic nitrogens is 1. The lowest BCUT2D eigenvalue weighted by Gasteiger charge is -2.35. The van der Waals surface area contributed by atoms with Gasteiger partial charge in [0, 0.05) is 7.11 Å². The molecule has 3 rings (SSSR count). The van der Waals surface area contributed by atoms with E-state index in [1.54, 1.807) is 7.11 Å². The van der Waals surface area contributed by atoms with E-state index in [0.29, 0.717) is 30.8 Å². The minimum absolute atomic E-state index is 0.131. The summed E-state index contributed by atoms with van der Waals surface area (Å²) in [7, 11) is 1.59. The molecule has 28 heavy (non-hydrogen) atoms. The monoisotopic (exact) mass is 403 g/mol. The van der Waals surface area contributed by atoms with Crippen LogP contribution in [0.4, 0.5) is 0 Å². The minimum Gasteiger partial charge on any atom is -0.368 e. The number of hydrogen-bond acceptors (Lipinski definition) is 6. The van der Waals surface area contributed by atoms with Gasteiger partial charge in [0.15, 0.2) is 5.01 Å². The lowest BCUT2D eigenvalue weighted by atomic mass is 9.83. The number of nitrogens with zero attached hydrogens (tertiary/aromatic N) is 1. The van der Waals surface area contributed by atoms with Crippen molar-refractivity contribution in [2.75, 3.05) is 13.7 Å². The zero-order valence-electron chi connectivity index (χ0n) is 16.4. The molecule has 152 valence electrons. The maximum absolute atomic E-state index is 13.2. The molecule has 0 saturated heterocycles. The van der Waals surface area contributed by atoms with Gasteiger partial charge in [-0.05, 0) is 50.8 Å². The predicted octanol–water partition coefficient (Wildman–Crippen LogP) is 3.44. The number of unbranched alkanes of at least 4 members (excludes halogenated alkanes) is 1. The van der Waals surface area contributed by atoms with Crippen LogP contribution < -0.4 is 11.1 Å². The smallest absolute Gasteiger partial charge is 0.252 e. The van der Waals surface area contributed by atoms with Crippen LogP contribution in [0.2, 0.25) is 0 Å². The first-order chi connectivity index (χ1) is 13.6. The first-order valence-corrected chi connectivity index (χ1v) is 10.9. The Kier molecular flexibility index (Phi) is 7.15. The molecule has 1 atom stereocenters. The molecule has 0 spiro atoms. The Morgan fingerprint density at radius 3 is 2.68 bits per heavy atom. The maximum Gasteiger partial charge on any atom is 0.252 e. The summed E-state index contributed by atoms with van der Waals surface area (Å²) in [5, 5.41) is 3.43. The Morgan fingerprint density at radius 2 is 2.00 bits per heavy atom. The summed E-state index contributed by atoms with van der Waals surface area (Å²) in [5.74, 6) is -0.310. The third kappa shape index (κ3) is 4.59. The quantitative estimate of drug-likeness (QED) is 0.494. The molecule has 0 bridgehead atoms. The summed E-state index contributed by atoms with van der Waals surface area (Å²) < 4.78 is 6.62. The van der Waals surface area contributed by atoms with Crippen LogP contribution in [0.3, 0.4) is 0 Å². The molecule has 3 N–H and O–H groups in total. The Labute approximate surface area is 169 Å². The van der Waals surface area contributed by atoms with Gasteiger partial charge in [-0.15, -0.1) is 11.3 Å². The van der Waals surface area contributed by atoms with Crippen LogP contribution in [0.5, 0.6) is 0 Å². The summed E-state index contributed by atoms with van der Waals surface area (Å²) in [4.78, 5) is 30.7. The molecule has 0 unspecified atom stereocenters. The number of methoxy groups -OCH3 is 1. The highest BCUT2D eigenvalue weighted by Gasteiger charge is 2.41. The van der Waals surface area contributed by atoms with Gasteiger partial charge in [0.1, 0.15) is 5.60 Å². The van der Waals surface area contributed by atoms with E-state index < -0.39 is 11.6 Å². The van der Waals surface area contributed by atoms with Gasteiger partial charge in [0.25, 0.3) is 5.91 Å². The molecule has 0 aliphatic heterocycles. The molecule has 0 radical (unpaired) electrons. The average molecular weight is 404 g/mol. The van der Waals surface area contributed by atoms with Crippen LogP contribution in [0.1, 0.15) is 61.2 Å². The number of nitrogens with one attached hydrogen (secondary N) is 1. The Balaban J connectivity index is 1.79. The summed E-state index contributed by atoms with van der Waals surface area (Å²) >= 11 is 1.37. The third-order valence-electron chi connectivity index (χ3n) is 5.54. The van der Waals surface area contributed by atoms with E-state index in [-0.39, 0.29) is 11.7 Å². The van der Waals surface area contributed by atoms with Crippen LogP contribution in [0.15, 0.2) is 24.3 Å². The van der Waals surface area contributed by atoms with Crippen molar-refractivity contribution in [2.24, 2.45) is 5.73 Å². The predicted molar refractivity (Wildman–Crippen MR) is 112 cm³/mol. The molecular weight excluding hydrogens is 374 g/mol. The number of fused-ring (bicyclic) bond motifs is 1. The number of hydrogen-bond donors (Lipinski definition) is 2. The third-order valence-corrected chi connectivity index (χ3v) is 6.59. The van der Waals surface area contributed by atoms with E-state index in [0.717, 1.165) is 42.3 Å². The molecule has 1 heterocycles. The minimum atomic E-state index is -0.821. The Hall–Kier alpha value is -1.83. The zero-order valence-corrected chi connectivity index (χ0v) is 17.2. The number of thiazole rings is 1. The van der Waals surface area contributed by atoms with Crippen molar-refractivity contribution in [1.82, 2.24) is 10.3 Å². The Morgan fingerprint density at radius 1 is 1.25 bits per heavy atom. The Bertz CT molecular complexity index is 781. The van der Waals surface area contributed by atoms with Crippen LogP contribution >= 0.6 is 11.3 Å². The van der Waals surface area contributed by atoms with E-state index >= 15 is 0 Å². The van der Waals surface area contributed by atoms with Crippen molar-refractivity contribution in [3.8, 4) is 0 Å². The molecule has 1 fully saturated rings. The number of amides is 1. The molecule has 7 heteroatoms. The van der Waals surface area contributed by atoms with Gasteiger partial charge >= 0.3 is 0 Å². The largest absolute Gasteiger partial charge is 0.368 e. The molecule has 1 aliphatic carbocycles. The van der Waals surface area contributed by atoms with Gasteiger partial charge < -0.3 is 15.8 Å². The number of benzene rings is 1. The number of nitrogens with two attached hydrogens (primary N) is 1. The van der Waals surface area contributed by atoms with E-state index in [1.807, 2.05) is 24.3 Å². The molecule has 1 saturated carbocycles. The molecule has 1 aliphatic rings. The van der Waals surface area contributed by atoms with Crippen molar-refractivity contribution in [3.63, 3.8) is 0 Å². The van der Waals surface area contributed by atoms with Gasteiger partial charge in [0.05, 0.1) is 16.3 Å². The highest BCUT2D eigenvalue weighted by molar-refractivity contribution is 7.20. The second-order valence-corrected chi connectivity index (χ2v) is 8.45. The summed E-state index contributed by atoms with van der Waals surface area (Å²) in [6.07, 6.45) is 6.57. The maximum atomic E-state index is 13.2. The normalized spacial score (nSPS) is 17.4. The first kappa shape index (κ1) is 20.9. The zero-order chi connectivity index (χ0) is 20.0. The van der Waals surface area contributed by atoms with Crippen molar-refractivity contribution >= 4 is 33.2 Å². The number of rotatable bonds is 9. The van der Waals surface area contributed by atoms with Crippen molar-refractivity contribution < 1.29 is 14.3 Å². The fourth-order valence-corrected chi connectivity index (χ4v) is 4.78. The molecule has 1 amide bonds. The SMILES string of the molecule is COC1(C(=O)N[C@@H](CCCCN)C(=O)c2nc3ccccc3s2)CCCCC1. The van der Waals surface area contributed by atoms with Crippen LogP contribution in [0, 0.1) is 0 Å². The first-order valence-electron chi connectivity index (χ1n) is 10.1. The van der Waals surface area contributed by atoms with Gasteiger partial charge in [0.2, 0.25) is 5.78 Å². The van der Waals surface area contributed by atoms with Crippen molar-refractivity contribution in [1.29, 1.82) is 0 Å². The van der Waals surface area contributed by atoms with E-state index in [9.17, 15) is 9.59 Å². The molecular formula is C21H29N3O3S. The fraction of sp³-hybridized carbons (Fsp3) is 0.571. The van der Waals surface area contributed by atoms with Crippen LogP contribution in [-0.4, -0.2) is 42.0 Å². The summed E-state index contributed by atoms with van der Waals surface area (Å²) in [5.41, 5.74) is 5.60. The van der Waals surface area contributed by atoms with Gasteiger partial charge in [-0.25, -0.2) is 4.98 Å². The summed E-state index contributed by atoms with van der Waals surface area (Å²) in [6.45, 7) is 0.567. The average Bonchev–Trinajstić information content (AvgIpc) is 3.17. The summed E-state index contributed by atoms with van der Waals surface area (Å²) in [6, 6.07) is 7.08. The van der Waals surface area contributed by atoms with Crippen LogP contribution in [0.25, 0.3) is 10.2 Å². The van der Waals surface area contributed by atoms with E-state index in [4.69, 9.17) is 10.5 Å². The number of carbonyl (C=O) groups is 2. The van der Waals surface area contributed by atoms with Crippen molar-refractivity contribution in [2.45, 2.75) is 63.0 Å². The highest BCUT2D eigenvalue weighted by Crippen LogP contribution is 2.32. The molecule has 2 aromatic rings. The van der Waals surface area contributed by atoms with Gasteiger partial charge in [-0.2, -0.15) is 0 Å². The van der Waals surface area contributed by atoms with Crippen molar-refractivity contribution in [3.05, 3.63) is 29.3 Å². The van der Waals surface area contributed by atoms with Gasteiger partial charge in [-0.3, -0.25) is 9.59 Å². The van der Waals surface area contributed by atoms with E-state index in [1.165, 1.54) is 11.3 Å².